The topological polar surface area (TPSA) is 65.8 Å². The number of hydrogen-bond acceptors (Lipinski definition) is 5. The van der Waals surface area contributed by atoms with Gasteiger partial charge in [0.15, 0.2) is 11.5 Å². The van der Waals surface area contributed by atoms with Crippen molar-refractivity contribution in [3.63, 3.8) is 0 Å². The van der Waals surface area contributed by atoms with Crippen LogP contribution in [0, 0.1) is 11.3 Å². The summed E-state index contributed by atoms with van der Waals surface area (Å²) in [5.41, 5.74) is 2.64. The fraction of sp³-hybridized carbons (Fsp3) is 0.360. The molecule has 2 aromatic carbocycles. The second-order valence-corrected chi connectivity index (χ2v) is 7.23. The monoisotopic (exact) mass is 419 g/mol. The molecule has 1 fully saturated rings. The Balaban J connectivity index is 1.62. The molecule has 1 amide bonds. The lowest BCUT2D eigenvalue weighted by Crippen LogP contribution is -2.34. The van der Waals surface area contributed by atoms with Crippen molar-refractivity contribution in [1.82, 2.24) is 4.90 Å². The minimum atomic E-state index is 0.00789. The van der Waals surface area contributed by atoms with E-state index in [1.54, 1.807) is 6.08 Å². The maximum Gasteiger partial charge on any atom is 0.246 e. The Morgan fingerprint density at radius 3 is 2.45 bits per heavy atom. The van der Waals surface area contributed by atoms with Gasteiger partial charge in [0.2, 0.25) is 5.91 Å². The minimum Gasteiger partial charge on any atom is -0.490 e. The number of carbonyl (C=O) groups is 1. The summed E-state index contributed by atoms with van der Waals surface area (Å²) in [5, 5.41) is 8.96. The first-order valence-electron chi connectivity index (χ1n) is 10.8. The first-order chi connectivity index (χ1) is 15.1. The first-order valence-corrected chi connectivity index (χ1v) is 10.8. The van der Waals surface area contributed by atoms with Gasteiger partial charge in [-0.25, -0.2) is 0 Å². The molecule has 0 unspecified atom stereocenters. The van der Waals surface area contributed by atoms with E-state index in [9.17, 15) is 4.79 Å². The molecule has 0 saturated carbocycles. The predicted molar refractivity (Wildman–Crippen MR) is 122 cm³/mol. The highest BCUT2D eigenvalue weighted by Gasteiger charge is 2.18. The van der Waals surface area contributed by atoms with Gasteiger partial charge >= 0.3 is 0 Å². The molecule has 3 rings (SSSR count). The molecule has 31 heavy (non-hydrogen) atoms. The lowest BCUT2D eigenvalue weighted by atomic mass is 10.2. The van der Waals surface area contributed by atoms with Crippen molar-refractivity contribution in [3.8, 4) is 17.6 Å². The number of anilines is 1. The highest BCUT2D eigenvalue weighted by molar-refractivity contribution is 5.92. The van der Waals surface area contributed by atoms with Crippen LogP contribution in [0.5, 0.6) is 11.5 Å². The van der Waals surface area contributed by atoms with E-state index in [2.05, 4.69) is 11.0 Å². The molecular weight excluding hydrogens is 390 g/mol. The van der Waals surface area contributed by atoms with Gasteiger partial charge in [-0.3, -0.25) is 4.79 Å². The Kier molecular flexibility index (Phi) is 7.94. The van der Waals surface area contributed by atoms with Crippen LogP contribution in [0.15, 0.2) is 48.5 Å². The number of ether oxygens (including phenoxy) is 2. The van der Waals surface area contributed by atoms with E-state index in [1.807, 2.05) is 67.3 Å². The molecule has 0 aliphatic carbocycles. The van der Waals surface area contributed by atoms with Crippen LogP contribution in [0.1, 0.15) is 31.4 Å². The molecule has 162 valence electrons. The van der Waals surface area contributed by atoms with Crippen LogP contribution in [-0.2, 0) is 4.79 Å². The number of benzene rings is 2. The van der Waals surface area contributed by atoms with E-state index in [1.165, 1.54) is 0 Å². The molecular formula is C25H29N3O3. The van der Waals surface area contributed by atoms with Gasteiger partial charge in [0.1, 0.15) is 0 Å². The molecule has 2 aromatic rings. The number of rotatable bonds is 7. The molecule has 0 radical (unpaired) electrons. The number of carbonyl (C=O) groups excluding carboxylic acids is 1. The van der Waals surface area contributed by atoms with Crippen LogP contribution in [0.2, 0.25) is 0 Å². The second kappa shape index (κ2) is 11.1. The van der Waals surface area contributed by atoms with Crippen LogP contribution in [0.4, 0.5) is 5.69 Å². The first kappa shape index (κ1) is 22.2. The van der Waals surface area contributed by atoms with Gasteiger partial charge in [0.05, 0.1) is 24.8 Å². The fourth-order valence-electron chi connectivity index (χ4n) is 3.59. The Bertz CT molecular complexity index is 947. The maximum atomic E-state index is 12.8. The van der Waals surface area contributed by atoms with Gasteiger partial charge in [-0.1, -0.05) is 6.07 Å². The molecule has 0 atom stereocenters. The average Bonchev–Trinajstić information content (AvgIpc) is 3.06. The Hall–Kier alpha value is -3.46. The summed E-state index contributed by atoms with van der Waals surface area (Å²) in [5.74, 6) is 1.41. The lowest BCUT2D eigenvalue weighted by Gasteiger charge is -2.23. The van der Waals surface area contributed by atoms with Crippen molar-refractivity contribution in [3.05, 3.63) is 59.7 Å². The molecule has 0 spiro atoms. The quantitative estimate of drug-likeness (QED) is 0.632. The van der Waals surface area contributed by atoms with Crippen molar-refractivity contribution < 1.29 is 14.3 Å². The minimum absolute atomic E-state index is 0.00789. The molecule has 0 N–H and O–H groups in total. The van der Waals surface area contributed by atoms with Gasteiger partial charge in [-0.2, -0.15) is 5.26 Å². The summed E-state index contributed by atoms with van der Waals surface area (Å²) in [6.45, 7) is 8.03. The molecule has 1 saturated heterocycles. The predicted octanol–water partition coefficient (Wildman–Crippen LogP) is 4.11. The number of nitrogens with zero attached hydrogens (tertiary/aromatic N) is 3. The van der Waals surface area contributed by atoms with Crippen molar-refractivity contribution in [2.24, 2.45) is 0 Å². The van der Waals surface area contributed by atoms with Crippen molar-refractivity contribution in [2.45, 2.75) is 20.3 Å². The number of nitriles is 1. The van der Waals surface area contributed by atoms with E-state index in [0.717, 1.165) is 37.3 Å². The summed E-state index contributed by atoms with van der Waals surface area (Å²) < 4.78 is 11.3. The second-order valence-electron chi connectivity index (χ2n) is 7.23. The van der Waals surface area contributed by atoms with Crippen LogP contribution >= 0.6 is 0 Å². The summed E-state index contributed by atoms with van der Waals surface area (Å²) in [6, 6.07) is 15.4. The summed E-state index contributed by atoms with van der Waals surface area (Å²) in [4.78, 5) is 16.9. The third-order valence-electron chi connectivity index (χ3n) is 5.15. The standard InChI is InChI=1S/C25H29N3O3/c1-3-30-23-12-8-20(18-24(23)31-4-2)9-13-25(29)28-15-5-14-27(16-17-28)22-10-6-21(19-26)7-11-22/h6-13,18H,3-5,14-17H2,1-2H3/b13-9+. The SMILES string of the molecule is CCOc1ccc(/C=C/C(=O)N2CCCN(c3ccc(C#N)cc3)CC2)cc1OCC. The molecule has 0 bridgehead atoms. The van der Waals surface area contributed by atoms with E-state index in [-0.39, 0.29) is 5.91 Å². The fourth-order valence-corrected chi connectivity index (χ4v) is 3.59. The molecule has 6 heteroatoms. The smallest absolute Gasteiger partial charge is 0.246 e. The normalized spacial score (nSPS) is 14.2. The zero-order valence-corrected chi connectivity index (χ0v) is 18.2. The van der Waals surface area contributed by atoms with Crippen LogP contribution in [-0.4, -0.2) is 50.2 Å². The van der Waals surface area contributed by atoms with Gasteiger partial charge in [-0.15, -0.1) is 0 Å². The molecule has 0 aromatic heterocycles. The highest BCUT2D eigenvalue weighted by Crippen LogP contribution is 2.29. The summed E-state index contributed by atoms with van der Waals surface area (Å²) in [7, 11) is 0. The third kappa shape index (κ3) is 6.02. The lowest BCUT2D eigenvalue weighted by molar-refractivity contribution is -0.125. The van der Waals surface area contributed by atoms with Crippen molar-refractivity contribution in [2.75, 3.05) is 44.3 Å². The molecule has 1 heterocycles. The van der Waals surface area contributed by atoms with E-state index < -0.39 is 0 Å². The average molecular weight is 420 g/mol. The molecule has 6 nitrogen and oxygen atoms in total. The third-order valence-corrected chi connectivity index (χ3v) is 5.15. The zero-order valence-electron chi connectivity index (χ0n) is 18.2. The molecule has 1 aliphatic rings. The Morgan fingerprint density at radius 2 is 1.74 bits per heavy atom. The van der Waals surface area contributed by atoms with E-state index >= 15 is 0 Å². The van der Waals surface area contributed by atoms with Crippen molar-refractivity contribution in [1.29, 1.82) is 5.26 Å². The van der Waals surface area contributed by atoms with Crippen LogP contribution in [0.3, 0.4) is 0 Å². The zero-order chi connectivity index (χ0) is 22.1. The van der Waals surface area contributed by atoms with Crippen LogP contribution < -0.4 is 14.4 Å². The van der Waals surface area contributed by atoms with Gasteiger partial charge in [0, 0.05) is 37.9 Å². The maximum absolute atomic E-state index is 12.8. The molecule has 1 aliphatic heterocycles. The Morgan fingerprint density at radius 1 is 1.00 bits per heavy atom. The highest BCUT2D eigenvalue weighted by atomic mass is 16.5. The number of amides is 1. The Labute approximate surface area is 184 Å². The summed E-state index contributed by atoms with van der Waals surface area (Å²) >= 11 is 0. The van der Waals surface area contributed by atoms with E-state index in [4.69, 9.17) is 14.7 Å². The van der Waals surface area contributed by atoms with E-state index in [0.29, 0.717) is 36.8 Å². The van der Waals surface area contributed by atoms with Crippen molar-refractivity contribution >= 4 is 17.7 Å². The number of hydrogen-bond donors (Lipinski definition) is 0. The largest absolute Gasteiger partial charge is 0.490 e. The van der Waals surface area contributed by atoms with Crippen LogP contribution in [0.25, 0.3) is 6.08 Å². The van der Waals surface area contributed by atoms with Gasteiger partial charge < -0.3 is 19.3 Å². The van der Waals surface area contributed by atoms with Gasteiger partial charge in [0.25, 0.3) is 0 Å². The summed E-state index contributed by atoms with van der Waals surface area (Å²) in [6.07, 6.45) is 4.35. The van der Waals surface area contributed by atoms with Gasteiger partial charge in [-0.05, 0) is 68.3 Å².